The fraction of sp³-hybridized carbons (Fsp3) is 0. The first kappa shape index (κ1) is 21.7. The average molecular weight is 490 g/mol. The number of hydrogen-bond donors (Lipinski definition) is 0. The van der Waals surface area contributed by atoms with Gasteiger partial charge in [-0.1, -0.05) is 115 Å². The molecule has 0 aliphatic carbocycles. The van der Waals surface area contributed by atoms with Crippen molar-refractivity contribution in [1.29, 1.82) is 0 Å². The van der Waals surface area contributed by atoms with Crippen LogP contribution in [0.5, 0.6) is 0 Å². The van der Waals surface area contributed by atoms with Gasteiger partial charge in [-0.25, -0.2) is 0 Å². The fourth-order valence-electron chi connectivity index (χ4n) is 5.15. The van der Waals surface area contributed by atoms with Gasteiger partial charge in [0.25, 0.3) is 0 Å². The van der Waals surface area contributed by atoms with E-state index in [1.807, 2.05) is 29.8 Å². The quantitative estimate of drug-likeness (QED) is 0.240. The SMILES string of the molecule is c1ccc(-c2cccc(-c3cccc4c3sc3c(-c5ccc(-c6cccnc6)cc5)cccc34)c2)cc1. The minimum Gasteiger partial charge on any atom is -0.264 e. The van der Waals surface area contributed by atoms with Crippen molar-refractivity contribution >= 4 is 31.5 Å². The lowest BCUT2D eigenvalue weighted by Gasteiger charge is -2.07. The molecular weight excluding hydrogens is 466 g/mol. The van der Waals surface area contributed by atoms with Crippen LogP contribution in [-0.2, 0) is 0 Å². The smallest absolute Gasteiger partial charge is 0.0434 e. The fourth-order valence-corrected chi connectivity index (χ4v) is 6.52. The van der Waals surface area contributed by atoms with E-state index in [1.165, 1.54) is 59.1 Å². The molecule has 1 nitrogen and oxygen atoms in total. The molecular formula is C35H23NS. The normalized spacial score (nSPS) is 11.2. The van der Waals surface area contributed by atoms with Crippen molar-refractivity contribution in [3.63, 3.8) is 0 Å². The van der Waals surface area contributed by atoms with Gasteiger partial charge >= 0.3 is 0 Å². The molecule has 0 saturated heterocycles. The van der Waals surface area contributed by atoms with Crippen LogP contribution < -0.4 is 0 Å². The molecule has 2 heteroatoms. The van der Waals surface area contributed by atoms with Gasteiger partial charge in [-0.05, 0) is 56.6 Å². The summed E-state index contributed by atoms with van der Waals surface area (Å²) in [6, 6.07) is 45.8. The summed E-state index contributed by atoms with van der Waals surface area (Å²) in [4.78, 5) is 4.26. The Hall–Kier alpha value is -4.53. The van der Waals surface area contributed by atoms with Gasteiger partial charge in [0.1, 0.15) is 0 Å². The van der Waals surface area contributed by atoms with Crippen molar-refractivity contribution < 1.29 is 0 Å². The summed E-state index contributed by atoms with van der Waals surface area (Å²) in [5, 5.41) is 2.63. The van der Waals surface area contributed by atoms with Crippen LogP contribution in [0.1, 0.15) is 0 Å². The van der Waals surface area contributed by atoms with Gasteiger partial charge in [0.15, 0.2) is 0 Å². The molecule has 2 aromatic heterocycles. The highest BCUT2D eigenvalue weighted by molar-refractivity contribution is 7.26. The van der Waals surface area contributed by atoms with Gasteiger partial charge in [0, 0.05) is 32.6 Å². The maximum Gasteiger partial charge on any atom is 0.0434 e. The average Bonchev–Trinajstić information content (AvgIpc) is 3.37. The third-order valence-corrected chi connectivity index (χ3v) is 8.28. The van der Waals surface area contributed by atoms with Gasteiger partial charge in [-0.2, -0.15) is 0 Å². The van der Waals surface area contributed by atoms with E-state index in [0.717, 1.165) is 5.56 Å². The van der Waals surface area contributed by atoms with Gasteiger partial charge in [-0.15, -0.1) is 11.3 Å². The number of fused-ring (bicyclic) bond motifs is 3. The Morgan fingerprint density at radius 1 is 0.405 bits per heavy atom. The number of pyridine rings is 1. The molecule has 0 fully saturated rings. The zero-order chi connectivity index (χ0) is 24.6. The third-order valence-electron chi connectivity index (χ3n) is 7.00. The molecule has 0 unspecified atom stereocenters. The predicted molar refractivity (Wildman–Crippen MR) is 159 cm³/mol. The van der Waals surface area contributed by atoms with E-state index in [4.69, 9.17) is 0 Å². The van der Waals surface area contributed by atoms with Gasteiger partial charge in [-0.3, -0.25) is 4.98 Å². The van der Waals surface area contributed by atoms with Crippen molar-refractivity contribution in [2.45, 2.75) is 0 Å². The van der Waals surface area contributed by atoms with Gasteiger partial charge in [0.05, 0.1) is 0 Å². The lowest BCUT2D eigenvalue weighted by atomic mass is 9.97. The van der Waals surface area contributed by atoms with Crippen molar-refractivity contribution in [3.05, 3.63) is 140 Å². The predicted octanol–water partition coefficient (Wildman–Crippen LogP) is 10.1. The number of nitrogens with zero attached hydrogens (tertiary/aromatic N) is 1. The highest BCUT2D eigenvalue weighted by Crippen LogP contribution is 2.44. The first-order valence-corrected chi connectivity index (χ1v) is 13.3. The number of hydrogen-bond acceptors (Lipinski definition) is 2. The Labute approximate surface area is 220 Å². The van der Waals surface area contributed by atoms with Crippen molar-refractivity contribution in [3.8, 4) is 44.5 Å². The molecule has 0 aliphatic rings. The number of benzene rings is 5. The van der Waals surface area contributed by atoms with Crippen molar-refractivity contribution in [1.82, 2.24) is 4.98 Å². The topological polar surface area (TPSA) is 12.9 Å². The molecule has 0 atom stereocenters. The second-order valence-corrected chi connectivity index (χ2v) is 10.3. The van der Waals surface area contributed by atoms with Gasteiger partial charge in [0.2, 0.25) is 0 Å². The molecule has 37 heavy (non-hydrogen) atoms. The number of rotatable bonds is 4. The van der Waals surface area contributed by atoms with E-state index in [-0.39, 0.29) is 0 Å². The van der Waals surface area contributed by atoms with Crippen LogP contribution in [0.15, 0.2) is 140 Å². The summed E-state index contributed by atoms with van der Waals surface area (Å²) in [7, 11) is 0. The minimum absolute atomic E-state index is 1.14. The van der Waals surface area contributed by atoms with E-state index in [9.17, 15) is 0 Å². The highest BCUT2D eigenvalue weighted by atomic mass is 32.1. The Kier molecular flexibility index (Phi) is 5.38. The first-order chi connectivity index (χ1) is 18.3. The molecule has 7 rings (SSSR count). The molecule has 0 amide bonds. The van der Waals surface area contributed by atoms with E-state index in [2.05, 4.69) is 126 Å². The maximum atomic E-state index is 4.26. The lowest BCUT2D eigenvalue weighted by Crippen LogP contribution is -1.82. The second-order valence-electron chi connectivity index (χ2n) is 9.23. The molecule has 0 spiro atoms. The van der Waals surface area contributed by atoms with Crippen LogP contribution in [0.2, 0.25) is 0 Å². The van der Waals surface area contributed by atoms with Crippen LogP contribution in [0.4, 0.5) is 0 Å². The van der Waals surface area contributed by atoms with Crippen LogP contribution in [0.3, 0.4) is 0 Å². The summed E-state index contributed by atoms with van der Waals surface area (Å²) in [6.07, 6.45) is 3.72. The second kappa shape index (κ2) is 9.16. The summed E-state index contributed by atoms with van der Waals surface area (Å²) in [6.45, 7) is 0. The summed E-state index contributed by atoms with van der Waals surface area (Å²) in [5.41, 5.74) is 9.85. The van der Waals surface area contributed by atoms with Crippen LogP contribution in [0.25, 0.3) is 64.7 Å². The molecule has 2 heterocycles. The van der Waals surface area contributed by atoms with Crippen LogP contribution >= 0.6 is 11.3 Å². The summed E-state index contributed by atoms with van der Waals surface area (Å²) >= 11 is 1.90. The molecule has 0 bridgehead atoms. The minimum atomic E-state index is 1.14. The monoisotopic (exact) mass is 489 g/mol. The zero-order valence-electron chi connectivity index (χ0n) is 20.1. The number of aromatic nitrogens is 1. The van der Waals surface area contributed by atoms with Crippen molar-refractivity contribution in [2.75, 3.05) is 0 Å². The molecule has 0 aliphatic heterocycles. The first-order valence-electron chi connectivity index (χ1n) is 12.5. The van der Waals surface area contributed by atoms with E-state index < -0.39 is 0 Å². The largest absolute Gasteiger partial charge is 0.264 e. The Morgan fingerprint density at radius 3 is 1.68 bits per heavy atom. The lowest BCUT2D eigenvalue weighted by molar-refractivity contribution is 1.33. The molecule has 0 saturated carbocycles. The Balaban J connectivity index is 1.35. The molecule has 0 radical (unpaired) electrons. The Morgan fingerprint density at radius 2 is 0.973 bits per heavy atom. The van der Waals surface area contributed by atoms with E-state index >= 15 is 0 Å². The van der Waals surface area contributed by atoms with E-state index in [0.29, 0.717) is 0 Å². The van der Waals surface area contributed by atoms with Crippen molar-refractivity contribution in [2.24, 2.45) is 0 Å². The third kappa shape index (κ3) is 3.92. The maximum absolute atomic E-state index is 4.26. The van der Waals surface area contributed by atoms with Gasteiger partial charge < -0.3 is 0 Å². The summed E-state index contributed by atoms with van der Waals surface area (Å²) in [5.74, 6) is 0. The summed E-state index contributed by atoms with van der Waals surface area (Å²) < 4.78 is 2.67. The number of thiophene rings is 1. The molecule has 174 valence electrons. The van der Waals surface area contributed by atoms with E-state index in [1.54, 1.807) is 0 Å². The zero-order valence-corrected chi connectivity index (χ0v) is 21.0. The molecule has 0 N–H and O–H groups in total. The Bertz CT molecular complexity index is 1850. The van der Waals surface area contributed by atoms with Crippen LogP contribution in [-0.4, -0.2) is 4.98 Å². The van der Waals surface area contributed by atoms with Crippen LogP contribution in [0, 0.1) is 0 Å². The molecule has 5 aromatic carbocycles. The molecule has 7 aromatic rings. The standard InChI is InChI=1S/C35H23NS/c1-2-8-24(9-3-1)27-10-4-11-28(22-27)31-14-6-16-33-32-15-5-13-30(34(32)37-35(31)33)26-19-17-25(18-20-26)29-12-7-21-36-23-29/h1-23H. The highest BCUT2D eigenvalue weighted by Gasteiger charge is 2.14.